The molecule has 1 aliphatic rings. The van der Waals surface area contributed by atoms with Gasteiger partial charge in [0.25, 0.3) is 0 Å². The Labute approximate surface area is 144 Å². The summed E-state index contributed by atoms with van der Waals surface area (Å²) in [6, 6.07) is 7.86. The molecule has 0 unspecified atom stereocenters. The molecule has 0 saturated carbocycles. The van der Waals surface area contributed by atoms with Crippen LogP contribution in [0.1, 0.15) is 11.6 Å². The van der Waals surface area contributed by atoms with Gasteiger partial charge in [-0.05, 0) is 19.1 Å². The molecule has 124 valence electrons. The van der Waals surface area contributed by atoms with Crippen molar-refractivity contribution in [3.05, 3.63) is 35.9 Å². The molecular weight excluding hydrogens is 322 g/mol. The van der Waals surface area contributed by atoms with E-state index in [1.807, 2.05) is 31.2 Å². The number of nitrogens with two attached hydrogens (primary N) is 1. The number of hydrogen-bond acceptors (Lipinski definition) is 8. The number of hydrogen-bond donors (Lipinski definition) is 1. The van der Waals surface area contributed by atoms with Crippen molar-refractivity contribution < 1.29 is 0 Å². The summed E-state index contributed by atoms with van der Waals surface area (Å²) in [5, 5.41) is 1.93. The molecule has 1 aliphatic heterocycles. The Morgan fingerprint density at radius 2 is 1.88 bits per heavy atom. The molecule has 1 aromatic carbocycles. The second-order valence-electron chi connectivity index (χ2n) is 5.93. The Balaban J connectivity index is 1.43. The molecule has 0 bridgehead atoms. The first kappa shape index (κ1) is 15.2. The number of para-hydroxylation sites is 1. The van der Waals surface area contributed by atoms with E-state index in [1.165, 1.54) is 11.5 Å². The smallest absolute Gasteiger partial charge is 0.205 e. The van der Waals surface area contributed by atoms with Crippen LogP contribution in [0.3, 0.4) is 0 Å². The molecule has 3 heterocycles. The molecule has 0 radical (unpaired) electrons. The van der Waals surface area contributed by atoms with Gasteiger partial charge in [0.2, 0.25) is 5.13 Å². The summed E-state index contributed by atoms with van der Waals surface area (Å²) in [5.41, 5.74) is 6.98. The Morgan fingerprint density at radius 3 is 2.62 bits per heavy atom. The molecule has 3 aromatic rings. The highest BCUT2D eigenvalue weighted by atomic mass is 32.1. The maximum atomic E-state index is 6.07. The average Bonchev–Trinajstić information content (AvgIpc) is 3.02. The van der Waals surface area contributed by atoms with Gasteiger partial charge in [-0.2, -0.15) is 4.37 Å². The average molecular weight is 341 g/mol. The van der Waals surface area contributed by atoms with Crippen LogP contribution in [-0.2, 0) is 6.54 Å². The zero-order valence-electron chi connectivity index (χ0n) is 13.5. The van der Waals surface area contributed by atoms with Crippen molar-refractivity contribution in [3.63, 3.8) is 0 Å². The SMILES string of the molecule is Cc1nsc(N2CCN(Cc3nc(N)c4ccccc4n3)CC2)n1. The molecule has 4 rings (SSSR count). The van der Waals surface area contributed by atoms with Gasteiger partial charge in [0.1, 0.15) is 17.5 Å². The number of benzene rings is 1. The van der Waals surface area contributed by atoms with E-state index >= 15 is 0 Å². The van der Waals surface area contributed by atoms with Crippen LogP contribution in [0.25, 0.3) is 10.9 Å². The topological polar surface area (TPSA) is 84.1 Å². The number of nitrogens with zero attached hydrogens (tertiary/aromatic N) is 6. The first-order valence-corrected chi connectivity index (χ1v) is 8.75. The van der Waals surface area contributed by atoms with Crippen LogP contribution >= 0.6 is 11.5 Å². The molecule has 2 aromatic heterocycles. The van der Waals surface area contributed by atoms with Gasteiger partial charge in [-0.3, -0.25) is 4.90 Å². The third kappa shape index (κ3) is 3.02. The van der Waals surface area contributed by atoms with Crippen molar-refractivity contribution in [2.45, 2.75) is 13.5 Å². The third-order valence-electron chi connectivity index (χ3n) is 4.20. The van der Waals surface area contributed by atoms with Crippen molar-refractivity contribution in [1.29, 1.82) is 0 Å². The minimum Gasteiger partial charge on any atom is -0.383 e. The van der Waals surface area contributed by atoms with E-state index in [0.29, 0.717) is 5.82 Å². The highest BCUT2D eigenvalue weighted by Crippen LogP contribution is 2.20. The number of aryl methyl sites for hydroxylation is 1. The van der Waals surface area contributed by atoms with Crippen molar-refractivity contribution >= 4 is 33.4 Å². The molecule has 0 amide bonds. The molecule has 1 fully saturated rings. The fraction of sp³-hybridized carbons (Fsp3) is 0.375. The predicted octanol–water partition coefficient (Wildman–Crippen LogP) is 1.69. The molecule has 0 aliphatic carbocycles. The van der Waals surface area contributed by atoms with Crippen LogP contribution < -0.4 is 10.6 Å². The molecule has 8 heteroatoms. The fourth-order valence-electron chi connectivity index (χ4n) is 2.93. The van der Waals surface area contributed by atoms with Crippen molar-refractivity contribution in [2.24, 2.45) is 0 Å². The Morgan fingerprint density at radius 1 is 1.08 bits per heavy atom. The van der Waals surface area contributed by atoms with E-state index in [4.69, 9.17) is 5.73 Å². The quantitative estimate of drug-likeness (QED) is 0.776. The van der Waals surface area contributed by atoms with Crippen LogP contribution in [-0.4, -0.2) is 50.4 Å². The van der Waals surface area contributed by atoms with Crippen LogP contribution in [0.5, 0.6) is 0 Å². The number of fused-ring (bicyclic) bond motifs is 1. The van der Waals surface area contributed by atoms with Gasteiger partial charge >= 0.3 is 0 Å². The normalized spacial score (nSPS) is 16.0. The molecule has 2 N–H and O–H groups in total. The summed E-state index contributed by atoms with van der Waals surface area (Å²) >= 11 is 1.47. The van der Waals surface area contributed by atoms with Crippen molar-refractivity contribution in [2.75, 3.05) is 36.8 Å². The van der Waals surface area contributed by atoms with Crippen LogP contribution in [0.15, 0.2) is 24.3 Å². The summed E-state index contributed by atoms with van der Waals surface area (Å²) in [7, 11) is 0. The number of piperazine rings is 1. The first-order chi connectivity index (χ1) is 11.7. The molecule has 0 atom stereocenters. The lowest BCUT2D eigenvalue weighted by molar-refractivity contribution is 0.244. The minimum absolute atomic E-state index is 0.554. The summed E-state index contributed by atoms with van der Waals surface area (Å²) in [6.45, 7) is 6.44. The maximum Gasteiger partial charge on any atom is 0.205 e. The van der Waals surface area contributed by atoms with Gasteiger partial charge in [0, 0.05) is 43.1 Å². The second kappa shape index (κ2) is 6.29. The zero-order chi connectivity index (χ0) is 16.5. The number of nitrogen functional groups attached to an aromatic ring is 1. The highest BCUT2D eigenvalue weighted by molar-refractivity contribution is 7.09. The van der Waals surface area contributed by atoms with Crippen molar-refractivity contribution in [3.8, 4) is 0 Å². The number of rotatable bonds is 3. The lowest BCUT2D eigenvalue weighted by Gasteiger charge is -2.33. The molecule has 24 heavy (non-hydrogen) atoms. The number of anilines is 2. The van der Waals surface area contributed by atoms with Gasteiger partial charge in [-0.1, -0.05) is 12.1 Å². The van der Waals surface area contributed by atoms with Crippen LogP contribution in [0, 0.1) is 6.92 Å². The standard InChI is InChI=1S/C16H19N7S/c1-11-18-16(24-21-11)23-8-6-22(7-9-23)10-14-19-13-5-3-2-4-12(13)15(17)20-14/h2-5H,6-10H2,1H3,(H2,17,19,20). The highest BCUT2D eigenvalue weighted by Gasteiger charge is 2.20. The van der Waals surface area contributed by atoms with Gasteiger partial charge < -0.3 is 10.6 Å². The molecule has 0 spiro atoms. The monoisotopic (exact) mass is 341 g/mol. The van der Waals surface area contributed by atoms with Crippen LogP contribution in [0.2, 0.25) is 0 Å². The van der Waals surface area contributed by atoms with E-state index in [-0.39, 0.29) is 0 Å². The largest absolute Gasteiger partial charge is 0.383 e. The zero-order valence-corrected chi connectivity index (χ0v) is 14.3. The number of aromatic nitrogens is 4. The predicted molar refractivity (Wildman–Crippen MR) is 96.1 cm³/mol. The summed E-state index contributed by atoms with van der Waals surface area (Å²) in [4.78, 5) is 18.2. The summed E-state index contributed by atoms with van der Waals surface area (Å²) < 4.78 is 4.26. The maximum absolute atomic E-state index is 6.07. The van der Waals surface area contributed by atoms with Crippen molar-refractivity contribution in [1.82, 2.24) is 24.2 Å². The van der Waals surface area contributed by atoms with Gasteiger partial charge in [-0.25, -0.2) is 15.0 Å². The van der Waals surface area contributed by atoms with Crippen LogP contribution in [0.4, 0.5) is 10.9 Å². The minimum atomic E-state index is 0.554. The Hall–Kier alpha value is -2.32. The van der Waals surface area contributed by atoms with E-state index in [9.17, 15) is 0 Å². The van der Waals surface area contributed by atoms with Gasteiger partial charge in [-0.15, -0.1) is 0 Å². The summed E-state index contributed by atoms with van der Waals surface area (Å²) in [5.74, 6) is 2.18. The van der Waals surface area contributed by atoms with Gasteiger partial charge in [0.05, 0.1) is 12.1 Å². The van der Waals surface area contributed by atoms with E-state index < -0.39 is 0 Å². The van der Waals surface area contributed by atoms with Gasteiger partial charge in [0.15, 0.2) is 0 Å². The second-order valence-corrected chi connectivity index (χ2v) is 6.66. The lowest BCUT2D eigenvalue weighted by Crippen LogP contribution is -2.46. The molecular formula is C16H19N7S. The van der Waals surface area contributed by atoms with E-state index in [1.54, 1.807) is 0 Å². The first-order valence-electron chi connectivity index (χ1n) is 7.98. The lowest BCUT2D eigenvalue weighted by atomic mass is 10.2. The fourth-order valence-corrected chi connectivity index (χ4v) is 3.66. The summed E-state index contributed by atoms with van der Waals surface area (Å²) in [6.07, 6.45) is 0. The Kier molecular flexibility index (Phi) is 3.99. The van der Waals surface area contributed by atoms with E-state index in [2.05, 4.69) is 29.1 Å². The molecule has 1 saturated heterocycles. The molecule has 7 nitrogen and oxygen atoms in total. The van der Waals surface area contributed by atoms with E-state index in [0.717, 1.165) is 60.4 Å². The Bertz CT molecular complexity index is 855. The third-order valence-corrected chi connectivity index (χ3v) is 5.07.